The van der Waals surface area contributed by atoms with Gasteiger partial charge in [0.05, 0.1) is 11.4 Å². The molecule has 0 fully saturated rings. The number of hydrogen-bond acceptors (Lipinski definition) is 5. The lowest BCUT2D eigenvalue weighted by Crippen LogP contribution is -2.24. The third-order valence-corrected chi connectivity index (χ3v) is 5.08. The Morgan fingerprint density at radius 2 is 1.89 bits per heavy atom. The van der Waals surface area contributed by atoms with Crippen molar-refractivity contribution in [3.05, 3.63) is 72.0 Å². The molecule has 0 saturated carbocycles. The number of nitrogens with zero attached hydrogens (tertiary/aromatic N) is 4. The van der Waals surface area contributed by atoms with Crippen LogP contribution in [0.2, 0.25) is 0 Å². The van der Waals surface area contributed by atoms with E-state index in [4.69, 9.17) is 0 Å². The molecule has 6 nitrogen and oxygen atoms in total. The monoisotopic (exact) mass is 389 g/mol. The van der Waals surface area contributed by atoms with E-state index in [-0.39, 0.29) is 5.91 Å². The molecule has 4 aromatic rings. The van der Waals surface area contributed by atoms with Gasteiger partial charge in [0, 0.05) is 34.6 Å². The number of carbonyl (C=O) groups is 1. The zero-order valence-corrected chi connectivity index (χ0v) is 16.4. The largest absolute Gasteiger partial charge is 0.300 e. The van der Waals surface area contributed by atoms with Gasteiger partial charge in [0.25, 0.3) is 5.91 Å². The number of pyridine rings is 1. The van der Waals surface area contributed by atoms with Crippen LogP contribution in [-0.2, 0) is 4.79 Å². The zero-order chi connectivity index (χ0) is 19.5. The fraction of sp³-hybridized carbons (Fsp3) is 0.143. The van der Waals surface area contributed by atoms with Crippen molar-refractivity contribution in [2.45, 2.75) is 19.9 Å². The second-order valence-electron chi connectivity index (χ2n) is 6.43. The Bertz CT molecular complexity index is 1100. The molecular formula is C21H19N5OS. The first kappa shape index (κ1) is 18.1. The Morgan fingerprint density at radius 3 is 2.64 bits per heavy atom. The van der Waals surface area contributed by atoms with E-state index in [1.165, 1.54) is 11.3 Å². The van der Waals surface area contributed by atoms with Crippen LogP contribution in [0.5, 0.6) is 0 Å². The summed E-state index contributed by atoms with van der Waals surface area (Å²) in [5, 5.41) is 9.81. The van der Waals surface area contributed by atoms with E-state index in [0.29, 0.717) is 5.13 Å². The van der Waals surface area contributed by atoms with Crippen LogP contribution < -0.4 is 5.32 Å². The van der Waals surface area contributed by atoms with Crippen molar-refractivity contribution in [3.8, 4) is 22.5 Å². The van der Waals surface area contributed by atoms with Crippen LogP contribution in [0.25, 0.3) is 22.5 Å². The summed E-state index contributed by atoms with van der Waals surface area (Å²) in [6, 6.07) is 15.5. The summed E-state index contributed by atoms with van der Waals surface area (Å²) in [4.78, 5) is 21.1. The van der Waals surface area contributed by atoms with E-state index in [9.17, 15) is 4.79 Å². The van der Waals surface area contributed by atoms with Gasteiger partial charge in [-0.2, -0.15) is 5.10 Å². The van der Waals surface area contributed by atoms with E-state index >= 15 is 0 Å². The Balaban J connectivity index is 1.56. The van der Waals surface area contributed by atoms with Crippen LogP contribution in [0.1, 0.15) is 18.7 Å². The second-order valence-corrected chi connectivity index (χ2v) is 7.32. The lowest BCUT2D eigenvalue weighted by molar-refractivity contribution is -0.119. The number of carbonyl (C=O) groups excluding carboxylic acids is 1. The van der Waals surface area contributed by atoms with Crippen LogP contribution in [0.15, 0.2) is 66.3 Å². The summed E-state index contributed by atoms with van der Waals surface area (Å²) >= 11 is 1.39. The van der Waals surface area contributed by atoms with Crippen molar-refractivity contribution in [1.82, 2.24) is 19.7 Å². The standard InChI is InChI=1S/C21H19N5OS/c1-14-5-3-8-18(23-14)16-6-4-7-17(13-16)19-9-11-26(25-19)15(2)20(27)24-21-22-10-12-28-21/h3-13,15H,1-2H3,(H,22,24,27). The highest BCUT2D eigenvalue weighted by molar-refractivity contribution is 7.13. The van der Waals surface area contributed by atoms with Crippen molar-refractivity contribution < 1.29 is 4.79 Å². The van der Waals surface area contributed by atoms with E-state index in [1.807, 2.05) is 67.9 Å². The quantitative estimate of drug-likeness (QED) is 0.542. The van der Waals surface area contributed by atoms with E-state index in [2.05, 4.69) is 26.4 Å². The minimum absolute atomic E-state index is 0.151. The maximum Gasteiger partial charge on any atom is 0.250 e. The van der Waals surface area contributed by atoms with E-state index in [1.54, 1.807) is 10.9 Å². The fourth-order valence-electron chi connectivity index (χ4n) is 2.86. The number of aryl methyl sites for hydroxylation is 1. The first-order chi connectivity index (χ1) is 13.6. The van der Waals surface area contributed by atoms with Gasteiger partial charge < -0.3 is 5.32 Å². The summed E-state index contributed by atoms with van der Waals surface area (Å²) in [6.07, 6.45) is 3.48. The molecule has 3 aromatic heterocycles. The number of amides is 1. The second kappa shape index (κ2) is 7.74. The van der Waals surface area contributed by atoms with Crippen LogP contribution in [-0.4, -0.2) is 25.7 Å². The smallest absolute Gasteiger partial charge is 0.250 e. The predicted molar refractivity (Wildman–Crippen MR) is 111 cm³/mol. The summed E-state index contributed by atoms with van der Waals surface area (Å²) < 4.78 is 1.66. The van der Waals surface area contributed by atoms with E-state index in [0.717, 1.165) is 28.2 Å². The number of nitrogens with one attached hydrogen (secondary N) is 1. The van der Waals surface area contributed by atoms with Gasteiger partial charge in [0.2, 0.25) is 0 Å². The van der Waals surface area contributed by atoms with Crippen LogP contribution >= 0.6 is 11.3 Å². The summed E-state index contributed by atoms with van der Waals surface area (Å²) in [6.45, 7) is 3.79. The van der Waals surface area contributed by atoms with Gasteiger partial charge in [0.15, 0.2) is 5.13 Å². The van der Waals surface area contributed by atoms with E-state index < -0.39 is 6.04 Å². The lowest BCUT2D eigenvalue weighted by atomic mass is 10.1. The summed E-state index contributed by atoms with van der Waals surface area (Å²) in [7, 11) is 0. The highest BCUT2D eigenvalue weighted by atomic mass is 32.1. The molecular weight excluding hydrogens is 370 g/mol. The van der Waals surface area contributed by atoms with Gasteiger partial charge in [-0.25, -0.2) is 4.98 Å². The number of anilines is 1. The van der Waals surface area contributed by atoms with Gasteiger partial charge in [0.1, 0.15) is 6.04 Å². The van der Waals surface area contributed by atoms with Crippen molar-refractivity contribution in [2.24, 2.45) is 0 Å². The minimum Gasteiger partial charge on any atom is -0.300 e. The summed E-state index contributed by atoms with van der Waals surface area (Å²) in [5.74, 6) is -0.151. The molecule has 1 atom stereocenters. The zero-order valence-electron chi connectivity index (χ0n) is 15.5. The van der Waals surface area contributed by atoms with Crippen molar-refractivity contribution in [2.75, 3.05) is 5.32 Å². The van der Waals surface area contributed by atoms with Crippen molar-refractivity contribution >= 4 is 22.4 Å². The molecule has 0 aliphatic heterocycles. The first-order valence-corrected chi connectivity index (χ1v) is 9.78. The maximum absolute atomic E-state index is 12.4. The molecule has 0 radical (unpaired) electrons. The highest BCUT2D eigenvalue weighted by Crippen LogP contribution is 2.25. The molecule has 140 valence electrons. The average molecular weight is 389 g/mol. The molecule has 3 heterocycles. The summed E-state index contributed by atoms with van der Waals surface area (Å²) in [5.41, 5.74) is 4.73. The molecule has 1 N–H and O–H groups in total. The lowest BCUT2D eigenvalue weighted by Gasteiger charge is -2.11. The molecule has 0 aliphatic rings. The van der Waals surface area contributed by atoms with Gasteiger partial charge >= 0.3 is 0 Å². The molecule has 1 unspecified atom stereocenters. The predicted octanol–water partition coefficient (Wildman–Crippen LogP) is 4.58. The molecule has 0 bridgehead atoms. The molecule has 1 amide bonds. The molecule has 4 rings (SSSR count). The topological polar surface area (TPSA) is 72.7 Å². The maximum atomic E-state index is 12.4. The Morgan fingerprint density at radius 1 is 1.11 bits per heavy atom. The first-order valence-electron chi connectivity index (χ1n) is 8.90. The Hall–Kier alpha value is -3.32. The SMILES string of the molecule is Cc1cccc(-c2cccc(-c3ccn(C(C)C(=O)Nc4nccs4)n3)c2)n1. The third-order valence-electron chi connectivity index (χ3n) is 4.39. The molecule has 28 heavy (non-hydrogen) atoms. The molecule has 1 aromatic carbocycles. The Kier molecular flexibility index (Phi) is 4.99. The van der Waals surface area contributed by atoms with Gasteiger partial charge in [-0.3, -0.25) is 14.5 Å². The highest BCUT2D eigenvalue weighted by Gasteiger charge is 2.17. The average Bonchev–Trinajstić information content (AvgIpc) is 3.39. The number of aromatic nitrogens is 4. The number of hydrogen-bond donors (Lipinski definition) is 1. The number of rotatable bonds is 5. The normalized spacial score (nSPS) is 11.9. The van der Waals surface area contributed by atoms with Gasteiger partial charge in [-0.15, -0.1) is 11.3 Å². The van der Waals surface area contributed by atoms with Gasteiger partial charge in [-0.1, -0.05) is 24.3 Å². The molecule has 7 heteroatoms. The molecule has 0 aliphatic carbocycles. The van der Waals surface area contributed by atoms with Crippen LogP contribution in [0, 0.1) is 6.92 Å². The molecule has 0 saturated heterocycles. The van der Waals surface area contributed by atoms with Crippen molar-refractivity contribution in [3.63, 3.8) is 0 Å². The Labute approximate surface area is 166 Å². The number of benzene rings is 1. The van der Waals surface area contributed by atoms with Gasteiger partial charge in [-0.05, 0) is 38.1 Å². The van der Waals surface area contributed by atoms with Crippen LogP contribution in [0.3, 0.4) is 0 Å². The van der Waals surface area contributed by atoms with Crippen LogP contribution in [0.4, 0.5) is 5.13 Å². The fourth-order valence-corrected chi connectivity index (χ4v) is 3.40. The minimum atomic E-state index is -0.445. The number of thiazole rings is 1. The molecule has 0 spiro atoms. The van der Waals surface area contributed by atoms with Crippen molar-refractivity contribution in [1.29, 1.82) is 0 Å². The third kappa shape index (κ3) is 3.84.